The molecule has 3 aromatic heterocycles. The third kappa shape index (κ3) is 6.79. The smallest absolute Gasteiger partial charge is 0.871 e. The molecule has 2 amide bonds. The van der Waals surface area contributed by atoms with E-state index in [4.69, 9.17) is 23.2 Å². The first-order valence-electron chi connectivity index (χ1n) is 9.73. The van der Waals surface area contributed by atoms with E-state index in [-0.39, 0.29) is 63.0 Å². The number of nitrogens with one attached hydrogen (secondary N) is 2. The summed E-state index contributed by atoms with van der Waals surface area (Å²) in [5, 5.41) is 22.1. The van der Waals surface area contributed by atoms with Crippen molar-refractivity contribution in [3.05, 3.63) is 85.6 Å². The van der Waals surface area contributed by atoms with Crippen molar-refractivity contribution in [1.29, 1.82) is 0 Å². The first-order chi connectivity index (χ1) is 16.3. The van der Waals surface area contributed by atoms with Crippen LogP contribution >= 0.6 is 45.9 Å². The summed E-state index contributed by atoms with van der Waals surface area (Å²) in [5.74, 6) is -1.05. The fourth-order valence-electron chi connectivity index (χ4n) is 2.89. The number of amides is 2. The van der Waals surface area contributed by atoms with Crippen molar-refractivity contribution in [2.24, 2.45) is 5.10 Å². The Morgan fingerprint density at radius 2 is 1.80 bits per heavy atom. The number of pyridine rings is 1. The molecule has 35 heavy (non-hydrogen) atoms. The molecule has 0 atom stereocenters. The number of aromatic nitrogens is 1. The summed E-state index contributed by atoms with van der Waals surface area (Å²) in [6.07, 6.45) is 3.13. The summed E-state index contributed by atoms with van der Waals surface area (Å²) < 4.78 is 0. The second kappa shape index (κ2) is 12.6. The number of hydrazone groups is 1. The quantitative estimate of drug-likeness (QED) is 0.212. The minimum Gasteiger partial charge on any atom is -0.871 e. The van der Waals surface area contributed by atoms with Crippen molar-refractivity contribution >= 4 is 69.1 Å². The van der Waals surface area contributed by atoms with Gasteiger partial charge in [0.1, 0.15) is 0 Å². The van der Waals surface area contributed by atoms with Crippen LogP contribution in [0.25, 0.3) is 10.4 Å². The number of carbonyl (C=O) groups excluding carboxylic acids is 2. The normalized spacial score (nSPS) is 11.0. The number of halogens is 2. The van der Waals surface area contributed by atoms with E-state index in [1.54, 1.807) is 54.9 Å². The molecule has 0 aliphatic rings. The molecule has 4 aromatic rings. The van der Waals surface area contributed by atoms with E-state index in [2.05, 4.69) is 20.8 Å². The van der Waals surface area contributed by atoms with E-state index >= 15 is 0 Å². The van der Waals surface area contributed by atoms with Crippen molar-refractivity contribution < 1.29 is 66.1 Å². The zero-order valence-electron chi connectivity index (χ0n) is 18.5. The number of benzene rings is 1. The molecule has 0 aliphatic heterocycles. The van der Waals surface area contributed by atoms with Crippen molar-refractivity contribution in [2.75, 3.05) is 5.32 Å². The molecular weight excluding hydrogens is 554 g/mol. The largest absolute Gasteiger partial charge is 1.00 e. The van der Waals surface area contributed by atoms with E-state index < -0.39 is 5.91 Å². The summed E-state index contributed by atoms with van der Waals surface area (Å²) in [4.78, 5) is 30.0. The van der Waals surface area contributed by atoms with Crippen molar-refractivity contribution in [2.45, 2.75) is 6.92 Å². The van der Waals surface area contributed by atoms with Gasteiger partial charge in [-0.05, 0) is 54.3 Å². The van der Waals surface area contributed by atoms with Gasteiger partial charge in [-0.3, -0.25) is 14.6 Å². The van der Waals surface area contributed by atoms with Gasteiger partial charge < -0.3 is 10.4 Å². The van der Waals surface area contributed by atoms with Crippen LogP contribution in [0.2, 0.25) is 10.0 Å². The van der Waals surface area contributed by atoms with E-state index in [1.165, 1.54) is 23.6 Å². The first kappa shape index (κ1) is 28.0. The molecule has 0 saturated heterocycles. The summed E-state index contributed by atoms with van der Waals surface area (Å²) >= 11 is 14.3. The molecule has 3 heterocycles. The molecule has 2 N–H and O–H groups in total. The van der Waals surface area contributed by atoms with E-state index in [0.717, 1.165) is 11.3 Å². The number of carbonyl (C=O) groups is 2. The predicted octanol–water partition coefficient (Wildman–Crippen LogP) is 2.66. The van der Waals surface area contributed by atoms with Gasteiger partial charge in [0, 0.05) is 16.6 Å². The standard InChI is InChI=1S/C23H16Cl2N4O3S2.K/c1-12(15-11-33-21(20(15)30)13-4-5-16(24)17(25)9-13)28-29-23(32)19-7-6-18(34-19)22(31)27-14-3-2-8-26-10-14;/h2-11,30H,1H3,(H,27,31)(H,29,32);/q;+1/p-1/b28-12+;. The molecule has 0 unspecified atom stereocenters. The fourth-order valence-corrected chi connectivity index (χ4v) is 4.98. The second-order valence-electron chi connectivity index (χ2n) is 6.93. The molecule has 0 saturated carbocycles. The number of hydrogen-bond donors (Lipinski definition) is 2. The van der Waals surface area contributed by atoms with Crippen LogP contribution in [-0.2, 0) is 0 Å². The fraction of sp³-hybridized carbons (Fsp3) is 0.0435. The van der Waals surface area contributed by atoms with Gasteiger partial charge >= 0.3 is 51.4 Å². The summed E-state index contributed by atoms with van der Waals surface area (Å²) in [5.41, 5.74) is 4.37. The number of thiophene rings is 2. The van der Waals surface area contributed by atoms with E-state index in [9.17, 15) is 14.7 Å². The van der Waals surface area contributed by atoms with Gasteiger partial charge in [-0.2, -0.15) is 5.10 Å². The number of hydrogen-bond acceptors (Lipinski definition) is 7. The van der Waals surface area contributed by atoms with Gasteiger partial charge in [-0.15, -0.1) is 22.7 Å². The van der Waals surface area contributed by atoms with Gasteiger partial charge in [-0.25, -0.2) is 5.43 Å². The van der Waals surface area contributed by atoms with Crippen LogP contribution in [0.3, 0.4) is 0 Å². The number of rotatable bonds is 6. The van der Waals surface area contributed by atoms with E-state index in [0.29, 0.717) is 47.2 Å². The van der Waals surface area contributed by atoms with E-state index in [1.807, 2.05) is 0 Å². The Kier molecular flexibility index (Phi) is 10.0. The third-order valence-electron chi connectivity index (χ3n) is 4.62. The summed E-state index contributed by atoms with van der Waals surface area (Å²) in [6.45, 7) is 1.63. The van der Waals surface area contributed by atoms with Crippen LogP contribution < -0.4 is 67.2 Å². The topological polar surface area (TPSA) is 107 Å². The zero-order chi connectivity index (χ0) is 24.2. The molecule has 0 radical (unpaired) electrons. The molecule has 0 spiro atoms. The Morgan fingerprint density at radius 3 is 2.49 bits per heavy atom. The van der Waals surface area contributed by atoms with Gasteiger partial charge in [0.05, 0.1) is 37.4 Å². The maximum absolute atomic E-state index is 12.8. The van der Waals surface area contributed by atoms with Crippen molar-refractivity contribution in [3.63, 3.8) is 0 Å². The minimum absolute atomic E-state index is 0. The predicted molar refractivity (Wildman–Crippen MR) is 135 cm³/mol. The molecule has 4 rings (SSSR count). The minimum atomic E-state index is -0.489. The van der Waals surface area contributed by atoms with Crippen LogP contribution in [0, 0.1) is 0 Å². The monoisotopic (exact) mass is 568 g/mol. The molecule has 0 bridgehead atoms. The van der Waals surface area contributed by atoms with Crippen LogP contribution in [0.15, 0.2) is 65.3 Å². The Morgan fingerprint density at radius 1 is 1.06 bits per heavy atom. The average molecular weight is 570 g/mol. The second-order valence-corrected chi connectivity index (χ2v) is 9.71. The van der Waals surface area contributed by atoms with Gasteiger partial charge in [0.2, 0.25) is 0 Å². The van der Waals surface area contributed by atoms with Crippen molar-refractivity contribution in [1.82, 2.24) is 10.4 Å². The first-order valence-corrected chi connectivity index (χ1v) is 12.2. The zero-order valence-corrected chi connectivity index (χ0v) is 24.7. The number of nitrogens with zero attached hydrogens (tertiary/aromatic N) is 2. The van der Waals surface area contributed by atoms with Gasteiger partial charge in [-0.1, -0.05) is 35.0 Å². The molecule has 0 fully saturated rings. The third-order valence-corrected chi connectivity index (χ3v) is 7.45. The molecule has 12 heteroatoms. The Balaban J connectivity index is 0.00000342. The SMILES string of the molecule is C/C(=N\NC(=O)c1ccc(C(=O)Nc2cccnc2)s1)c1csc(-c2ccc(Cl)c(Cl)c2)c1[O-].[K+]. The average Bonchev–Trinajstić information content (AvgIpc) is 3.47. The van der Waals surface area contributed by atoms with Crippen LogP contribution in [0.5, 0.6) is 5.75 Å². The maximum Gasteiger partial charge on any atom is 1.00 e. The van der Waals surface area contributed by atoms with Crippen molar-refractivity contribution in [3.8, 4) is 16.2 Å². The Hall–Kier alpha value is -1.60. The number of anilines is 1. The van der Waals surface area contributed by atoms with Gasteiger partial charge in [0.15, 0.2) is 0 Å². The summed E-state index contributed by atoms with van der Waals surface area (Å²) in [7, 11) is 0. The van der Waals surface area contributed by atoms with Crippen LogP contribution in [-0.4, -0.2) is 22.5 Å². The van der Waals surface area contributed by atoms with Crippen LogP contribution in [0.4, 0.5) is 5.69 Å². The molecule has 172 valence electrons. The Labute approximate surface area is 261 Å². The Bertz CT molecular complexity index is 1410. The molecule has 1 aromatic carbocycles. The summed E-state index contributed by atoms with van der Waals surface area (Å²) in [6, 6.07) is 11.5. The van der Waals surface area contributed by atoms with Gasteiger partial charge in [0.25, 0.3) is 11.8 Å². The maximum atomic E-state index is 12.8. The molecule has 7 nitrogen and oxygen atoms in total. The van der Waals surface area contributed by atoms with Crippen LogP contribution in [0.1, 0.15) is 31.8 Å². The molecular formula is C23H15Cl2KN4O3S2. The molecule has 0 aliphatic carbocycles.